The van der Waals surface area contributed by atoms with Gasteiger partial charge in [0.1, 0.15) is 11.1 Å². The van der Waals surface area contributed by atoms with Crippen molar-refractivity contribution < 1.29 is 19.1 Å². The Morgan fingerprint density at radius 3 is 2.34 bits per heavy atom. The smallest absolute Gasteiger partial charge is 0.347 e. The van der Waals surface area contributed by atoms with E-state index >= 15 is 0 Å². The minimum absolute atomic E-state index is 0.0495. The number of allylic oxidation sites excluding steroid dienone is 1. The fraction of sp³-hybridized carbons (Fsp3) is 0.174. The summed E-state index contributed by atoms with van der Waals surface area (Å²) in [5, 5.41) is 9.58. The quantitative estimate of drug-likeness (QED) is 0.368. The Bertz CT molecular complexity index is 1140. The van der Waals surface area contributed by atoms with Crippen LogP contribution < -0.4 is 10.5 Å². The van der Waals surface area contributed by atoms with Crippen LogP contribution in [-0.2, 0) is 0 Å². The standard InChI is InChI=1S/C23H21NO5/c1-3-24(4-2)18-11-10-17-13-19(23(28)29-21(17)14-18)20(25)12-7-15-5-8-16(9-6-15)22(26)27/h5-14H,3-4H2,1-2H3,(H,26,27). The number of benzene rings is 2. The van der Waals surface area contributed by atoms with Gasteiger partial charge in [-0.3, -0.25) is 4.79 Å². The Morgan fingerprint density at radius 2 is 1.72 bits per heavy atom. The molecule has 148 valence electrons. The first-order valence-corrected chi connectivity index (χ1v) is 9.31. The van der Waals surface area contributed by atoms with E-state index in [0.29, 0.717) is 16.5 Å². The van der Waals surface area contributed by atoms with Crippen molar-refractivity contribution >= 4 is 34.5 Å². The molecule has 0 atom stereocenters. The lowest BCUT2D eigenvalue weighted by molar-refractivity contribution is 0.0696. The van der Waals surface area contributed by atoms with Gasteiger partial charge < -0.3 is 14.4 Å². The molecule has 2 aromatic carbocycles. The van der Waals surface area contributed by atoms with Gasteiger partial charge in [-0.1, -0.05) is 18.2 Å². The average molecular weight is 391 g/mol. The molecule has 0 radical (unpaired) electrons. The van der Waals surface area contributed by atoms with E-state index in [1.807, 2.05) is 26.0 Å². The molecule has 0 aliphatic rings. The maximum absolute atomic E-state index is 12.5. The van der Waals surface area contributed by atoms with Crippen molar-refractivity contribution in [3.8, 4) is 0 Å². The van der Waals surface area contributed by atoms with Gasteiger partial charge in [-0.2, -0.15) is 0 Å². The van der Waals surface area contributed by atoms with E-state index in [-0.39, 0.29) is 11.1 Å². The van der Waals surface area contributed by atoms with E-state index in [4.69, 9.17) is 9.52 Å². The molecule has 0 saturated heterocycles. The van der Waals surface area contributed by atoms with Crippen LogP contribution in [0, 0.1) is 0 Å². The van der Waals surface area contributed by atoms with E-state index in [1.54, 1.807) is 18.2 Å². The first kappa shape index (κ1) is 20.1. The highest BCUT2D eigenvalue weighted by atomic mass is 16.4. The number of fused-ring (bicyclic) bond motifs is 1. The van der Waals surface area contributed by atoms with Gasteiger partial charge in [-0.15, -0.1) is 0 Å². The van der Waals surface area contributed by atoms with Gasteiger partial charge in [0.05, 0.1) is 5.56 Å². The Hall–Kier alpha value is -3.67. The summed E-state index contributed by atoms with van der Waals surface area (Å²) in [7, 11) is 0. The van der Waals surface area contributed by atoms with Crippen LogP contribution in [-0.4, -0.2) is 29.9 Å². The van der Waals surface area contributed by atoms with Crippen molar-refractivity contribution in [3.05, 3.63) is 81.7 Å². The lowest BCUT2D eigenvalue weighted by Crippen LogP contribution is -2.21. The number of aromatic carboxylic acids is 1. The molecule has 0 spiro atoms. The molecule has 6 nitrogen and oxygen atoms in total. The molecule has 0 unspecified atom stereocenters. The Labute approximate surface area is 167 Å². The average Bonchev–Trinajstić information content (AvgIpc) is 2.72. The van der Waals surface area contributed by atoms with Crippen LogP contribution in [0.2, 0.25) is 0 Å². The number of rotatable bonds is 7. The Kier molecular flexibility index (Phi) is 5.93. The van der Waals surface area contributed by atoms with Gasteiger partial charge in [0.25, 0.3) is 0 Å². The molecule has 0 saturated carbocycles. The fourth-order valence-electron chi connectivity index (χ4n) is 3.06. The highest BCUT2D eigenvalue weighted by Gasteiger charge is 2.13. The highest BCUT2D eigenvalue weighted by molar-refractivity contribution is 6.07. The van der Waals surface area contributed by atoms with Crippen molar-refractivity contribution in [1.82, 2.24) is 0 Å². The minimum atomic E-state index is -1.02. The Morgan fingerprint density at radius 1 is 1.03 bits per heavy atom. The summed E-state index contributed by atoms with van der Waals surface area (Å²) in [4.78, 5) is 37.8. The van der Waals surface area contributed by atoms with Crippen LogP contribution in [0.25, 0.3) is 17.0 Å². The van der Waals surface area contributed by atoms with Crippen LogP contribution in [0.4, 0.5) is 5.69 Å². The number of ketones is 1. The highest BCUT2D eigenvalue weighted by Crippen LogP contribution is 2.22. The maximum atomic E-state index is 12.5. The zero-order valence-corrected chi connectivity index (χ0v) is 16.2. The number of carboxylic acid groups (broad SMARTS) is 1. The second kappa shape index (κ2) is 8.56. The third-order valence-corrected chi connectivity index (χ3v) is 4.70. The molecule has 0 aliphatic carbocycles. The monoisotopic (exact) mass is 391 g/mol. The predicted molar refractivity (Wildman–Crippen MR) is 113 cm³/mol. The zero-order valence-electron chi connectivity index (χ0n) is 16.2. The molecule has 0 fully saturated rings. The summed E-state index contributed by atoms with van der Waals surface area (Å²) in [6.07, 6.45) is 2.80. The van der Waals surface area contributed by atoms with Gasteiger partial charge in [0.2, 0.25) is 0 Å². The van der Waals surface area contributed by atoms with E-state index in [0.717, 1.165) is 18.8 Å². The molecule has 1 aromatic heterocycles. The lowest BCUT2D eigenvalue weighted by atomic mass is 10.1. The zero-order chi connectivity index (χ0) is 21.0. The number of anilines is 1. The summed E-state index contributed by atoms with van der Waals surface area (Å²) in [5.41, 5.74) is 1.46. The molecule has 1 N–H and O–H groups in total. The molecule has 3 rings (SSSR count). The number of hydrogen-bond donors (Lipinski definition) is 1. The summed E-state index contributed by atoms with van der Waals surface area (Å²) in [6.45, 7) is 5.77. The molecule has 0 bridgehead atoms. The van der Waals surface area contributed by atoms with E-state index in [9.17, 15) is 14.4 Å². The second-order valence-corrected chi connectivity index (χ2v) is 6.47. The molecule has 1 heterocycles. The molecule has 0 amide bonds. The number of nitrogens with zero attached hydrogens (tertiary/aromatic N) is 1. The first-order chi connectivity index (χ1) is 13.9. The number of carbonyl (C=O) groups is 2. The van der Waals surface area contributed by atoms with Crippen molar-refractivity contribution in [1.29, 1.82) is 0 Å². The summed E-state index contributed by atoms with van der Waals surface area (Å²) < 4.78 is 5.39. The third-order valence-electron chi connectivity index (χ3n) is 4.70. The third kappa shape index (κ3) is 4.43. The van der Waals surface area contributed by atoms with Gasteiger partial charge >= 0.3 is 11.6 Å². The van der Waals surface area contributed by atoms with Gasteiger partial charge in [0.15, 0.2) is 5.78 Å². The normalized spacial score (nSPS) is 11.1. The number of carbonyl (C=O) groups excluding carboxylic acids is 1. The summed E-state index contributed by atoms with van der Waals surface area (Å²) >= 11 is 0. The van der Waals surface area contributed by atoms with Crippen molar-refractivity contribution in [2.45, 2.75) is 13.8 Å². The lowest BCUT2D eigenvalue weighted by Gasteiger charge is -2.20. The van der Waals surface area contributed by atoms with Crippen LogP contribution >= 0.6 is 0 Å². The van der Waals surface area contributed by atoms with Crippen LogP contribution in [0.1, 0.15) is 40.1 Å². The molecular weight excluding hydrogens is 370 g/mol. The largest absolute Gasteiger partial charge is 0.478 e. The number of carboxylic acids is 1. The van der Waals surface area contributed by atoms with Crippen LogP contribution in [0.3, 0.4) is 0 Å². The molecule has 29 heavy (non-hydrogen) atoms. The number of hydrogen-bond acceptors (Lipinski definition) is 5. The molecule has 3 aromatic rings. The van der Waals surface area contributed by atoms with Gasteiger partial charge in [-0.25, -0.2) is 9.59 Å². The molecule has 6 heteroatoms. The Balaban J connectivity index is 1.87. The SMILES string of the molecule is CCN(CC)c1ccc2cc(C(=O)C=Cc3ccc(C(=O)O)cc3)c(=O)oc2c1. The van der Waals surface area contributed by atoms with Crippen LogP contribution in [0.15, 0.2) is 63.8 Å². The van der Waals surface area contributed by atoms with E-state index < -0.39 is 17.4 Å². The van der Waals surface area contributed by atoms with Crippen LogP contribution in [0.5, 0.6) is 0 Å². The minimum Gasteiger partial charge on any atom is -0.478 e. The van der Waals surface area contributed by atoms with Gasteiger partial charge in [0, 0.05) is 30.2 Å². The molecule has 0 aliphatic heterocycles. The molecular formula is C23H21NO5. The topological polar surface area (TPSA) is 87.8 Å². The van der Waals surface area contributed by atoms with Gasteiger partial charge in [-0.05, 0) is 55.8 Å². The second-order valence-electron chi connectivity index (χ2n) is 6.47. The fourth-order valence-corrected chi connectivity index (χ4v) is 3.06. The van der Waals surface area contributed by atoms with Crippen molar-refractivity contribution in [3.63, 3.8) is 0 Å². The van der Waals surface area contributed by atoms with Crippen molar-refractivity contribution in [2.75, 3.05) is 18.0 Å². The van der Waals surface area contributed by atoms with E-state index in [2.05, 4.69) is 4.90 Å². The maximum Gasteiger partial charge on any atom is 0.347 e. The summed E-state index contributed by atoms with van der Waals surface area (Å²) in [5.74, 6) is -1.50. The summed E-state index contributed by atoms with van der Waals surface area (Å²) in [6, 6.07) is 13.2. The van der Waals surface area contributed by atoms with Crippen molar-refractivity contribution in [2.24, 2.45) is 0 Å². The van der Waals surface area contributed by atoms with E-state index in [1.165, 1.54) is 30.4 Å². The first-order valence-electron chi connectivity index (χ1n) is 9.31. The predicted octanol–water partition coefficient (Wildman–Crippen LogP) is 4.23.